The molecule has 1 N–H and O–H groups in total. The molecule has 18 heavy (non-hydrogen) atoms. The Balaban J connectivity index is 1.56. The number of hydrogen-bond donors (Lipinski definition) is 1. The molecule has 0 radical (unpaired) electrons. The van der Waals surface area contributed by atoms with E-state index in [9.17, 15) is 0 Å². The monoisotopic (exact) mass is 248 g/mol. The van der Waals surface area contributed by atoms with Gasteiger partial charge in [-0.25, -0.2) is 0 Å². The van der Waals surface area contributed by atoms with Gasteiger partial charge in [0.2, 0.25) is 0 Å². The Morgan fingerprint density at radius 1 is 0.889 bits per heavy atom. The number of nitrogens with one attached hydrogen (secondary N) is 1. The third kappa shape index (κ3) is 2.97. The molecule has 0 saturated carbocycles. The van der Waals surface area contributed by atoms with E-state index in [0.29, 0.717) is 6.04 Å². The molecule has 1 aliphatic carbocycles. The van der Waals surface area contributed by atoms with Crippen LogP contribution < -0.4 is 5.32 Å². The van der Waals surface area contributed by atoms with Crippen molar-refractivity contribution >= 4 is 0 Å². The van der Waals surface area contributed by atoms with Gasteiger partial charge in [-0.3, -0.25) is 4.90 Å². The smallest absolute Gasteiger partial charge is 0.0253 e. The van der Waals surface area contributed by atoms with Crippen molar-refractivity contribution < 1.29 is 0 Å². The molecular formula is C16H28N2. The number of fused-ring (bicyclic) bond motifs is 1. The molecule has 0 bridgehead atoms. The van der Waals surface area contributed by atoms with Crippen molar-refractivity contribution in [1.82, 2.24) is 10.2 Å². The van der Waals surface area contributed by atoms with Crippen molar-refractivity contribution in [2.24, 2.45) is 0 Å². The van der Waals surface area contributed by atoms with Crippen LogP contribution in [0.3, 0.4) is 0 Å². The van der Waals surface area contributed by atoms with Gasteiger partial charge in [0.05, 0.1) is 0 Å². The maximum atomic E-state index is 3.96. The largest absolute Gasteiger partial charge is 0.306 e. The molecule has 3 aliphatic rings. The lowest BCUT2D eigenvalue weighted by Gasteiger charge is -2.34. The van der Waals surface area contributed by atoms with Crippen LogP contribution in [0.2, 0.25) is 0 Å². The van der Waals surface area contributed by atoms with Gasteiger partial charge < -0.3 is 5.32 Å². The predicted octanol–water partition coefficient (Wildman–Crippen LogP) is 3.09. The highest BCUT2D eigenvalue weighted by atomic mass is 15.2. The van der Waals surface area contributed by atoms with E-state index in [2.05, 4.69) is 22.4 Å². The molecule has 3 rings (SSSR count). The van der Waals surface area contributed by atoms with Crippen molar-refractivity contribution in [3.63, 3.8) is 0 Å². The van der Waals surface area contributed by atoms with E-state index < -0.39 is 0 Å². The summed E-state index contributed by atoms with van der Waals surface area (Å²) in [6.45, 7) is 2.68. The molecular weight excluding hydrogens is 220 g/mol. The molecule has 2 fully saturated rings. The molecule has 2 nitrogen and oxygen atoms in total. The molecule has 102 valence electrons. The zero-order valence-corrected chi connectivity index (χ0v) is 11.6. The van der Waals surface area contributed by atoms with Crippen LogP contribution in [0.1, 0.15) is 57.8 Å². The van der Waals surface area contributed by atoms with Gasteiger partial charge in [-0.05, 0) is 45.1 Å². The Bertz CT molecular complexity index is 287. The van der Waals surface area contributed by atoms with Crippen molar-refractivity contribution in [3.8, 4) is 0 Å². The van der Waals surface area contributed by atoms with E-state index in [1.54, 1.807) is 0 Å². The first-order valence-electron chi connectivity index (χ1n) is 8.10. The molecule has 3 unspecified atom stereocenters. The normalized spacial score (nSPS) is 39.9. The summed E-state index contributed by atoms with van der Waals surface area (Å²) in [7, 11) is 0. The Morgan fingerprint density at radius 3 is 2.83 bits per heavy atom. The summed E-state index contributed by atoms with van der Waals surface area (Å²) < 4.78 is 0. The van der Waals surface area contributed by atoms with E-state index in [4.69, 9.17) is 0 Å². The molecule has 2 aliphatic heterocycles. The highest BCUT2D eigenvalue weighted by Crippen LogP contribution is 2.28. The average molecular weight is 248 g/mol. The lowest BCUT2D eigenvalue weighted by molar-refractivity contribution is 0.177. The fourth-order valence-corrected chi connectivity index (χ4v) is 4.02. The Hall–Kier alpha value is -0.340. The minimum atomic E-state index is 0.650. The third-order valence-corrected chi connectivity index (χ3v) is 5.04. The number of nitrogens with zero attached hydrogens (tertiary/aromatic N) is 1. The second-order valence-electron chi connectivity index (χ2n) is 6.33. The molecule has 0 aromatic heterocycles. The quantitative estimate of drug-likeness (QED) is 0.756. The maximum Gasteiger partial charge on any atom is 0.0253 e. The Kier molecular flexibility index (Phi) is 4.37. The summed E-state index contributed by atoms with van der Waals surface area (Å²) in [5.74, 6) is 0. The van der Waals surface area contributed by atoms with Crippen LogP contribution in [-0.4, -0.2) is 36.1 Å². The van der Waals surface area contributed by atoms with Crippen LogP contribution in [0.4, 0.5) is 0 Å². The van der Waals surface area contributed by atoms with Gasteiger partial charge in [-0.1, -0.05) is 31.4 Å². The summed E-state index contributed by atoms with van der Waals surface area (Å²) in [6, 6.07) is 2.26. The van der Waals surface area contributed by atoms with Crippen molar-refractivity contribution in [2.75, 3.05) is 13.1 Å². The second kappa shape index (κ2) is 6.21. The van der Waals surface area contributed by atoms with Crippen LogP contribution >= 0.6 is 0 Å². The molecule has 0 spiro atoms. The second-order valence-corrected chi connectivity index (χ2v) is 6.33. The first kappa shape index (κ1) is 12.7. The zero-order valence-electron chi connectivity index (χ0n) is 11.6. The SMILES string of the molecule is C1=C/C(NC2CCN3CCCCC23)CCCCC/1. The van der Waals surface area contributed by atoms with Gasteiger partial charge in [-0.15, -0.1) is 0 Å². The van der Waals surface area contributed by atoms with Gasteiger partial charge >= 0.3 is 0 Å². The predicted molar refractivity (Wildman–Crippen MR) is 76.8 cm³/mol. The molecule has 2 saturated heterocycles. The summed E-state index contributed by atoms with van der Waals surface area (Å²) in [4.78, 5) is 2.73. The average Bonchev–Trinajstić information content (AvgIpc) is 2.76. The van der Waals surface area contributed by atoms with Gasteiger partial charge in [0, 0.05) is 24.7 Å². The summed E-state index contributed by atoms with van der Waals surface area (Å²) in [5.41, 5.74) is 0. The molecule has 0 aromatic rings. The molecule has 2 heteroatoms. The van der Waals surface area contributed by atoms with Crippen LogP contribution in [0, 0.1) is 0 Å². The van der Waals surface area contributed by atoms with Gasteiger partial charge in [-0.2, -0.15) is 0 Å². The highest BCUT2D eigenvalue weighted by Gasteiger charge is 2.35. The van der Waals surface area contributed by atoms with Crippen LogP contribution in [-0.2, 0) is 0 Å². The summed E-state index contributed by atoms with van der Waals surface area (Å²) in [6.07, 6.45) is 17.4. The zero-order chi connectivity index (χ0) is 12.2. The van der Waals surface area contributed by atoms with Crippen LogP contribution in [0.5, 0.6) is 0 Å². The standard InChI is InChI=1S/C16H28N2/c1-2-4-8-14(9-5-3-1)17-15-11-13-18-12-7-6-10-16(15)18/h4,8,14-17H,1-3,5-7,9-13H2/b8-4+. The minimum absolute atomic E-state index is 0.650. The van der Waals surface area contributed by atoms with E-state index >= 15 is 0 Å². The first-order valence-corrected chi connectivity index (χ1v) is 8.10. The van der Waals surface area contributed by atoms with Crippen molar-refractivity contribution in [2.45, 2.75) is 75.9 Å². The molecule has 3 atom stereocenters. The van der Waals surface area contributed by atoms with E-state index in [-0.39, 0.29) is 0 Å². The number of rotatable bonds is 2. The van der Waals surface area contributed by atoms with E-state index in [0.717, 1.165) is 12.1 Å². The van der Waals surface area contributed by atoms with Gasteiger partial charge in [0.25, 0.3) is 0 Å². The third-order valence-electron chi connectivity index (χ3n) is 5.04. The molecule has 2 heterocycles. The van der Waals surface area contributed by atoms with Crippen LogP contribution in [0.15, 0.2) is 12.2 Å². The lowest BCUT2D eigenvalue weighted by Crippen LogP contribution is -2.47. The van der Waals surface area contributed by atoms with Crippen molar-refractivity contribution in [1.29, 1.82) is 0 Å². The summed E-state index contributed by atoms with van der Waals surface area (Å²) in [5, 5.41) is 3.96. The van der Waals surface area contributed by atoms with Crippen molar-refractivity contribution in [3.05, 3.63) is 12.2 Å². The molecule has 0 amide bonds. The first-order chi connectivity index (χ1) is 8.93. The van der Waals surface area contributed by atoms with E-state index in [1.807, 2.05) is 0 Å². The Morgan fingerprint density at radius 2 is 1.83 bits per heavy atom. The lowest BCUT2D eigenvalue weighted by atomic mass is 9.96. The molecule has 0 aromatic carbocycles. The topological polar surface area (TPSA) is 15.3 Å². The van der Waals surface area contributed by atoms with Gasteiger partial charge in [0.15, 0.2) is 0 Å². The van der Waals surface area contributed by atoms with Crippen LogP contribution in [0.25, 0.3) is 0 Å². The van der Waals surface area contributed by atoms with Gasteiger partial charge in [0.1, 0.15) is 0 Å². The maximum absolute atomic E-state index is 3.96. The fourth-order valence-electron chi connectivity index (χ4n) is 4.02. The Labute approximate surface area is 112 Å². The number of allylic oxidation sites excluding steroid dienone is 1. The number of hydrogen-bond acceptors (Lipinski definition) is 2. The number of piperidine rings is 1. The summed E-state index contributed by atoms with van der Waals surface area (Å²) >= 11 is 0. The minimum Gasteiger partial charge on any atom is -0.306 e. The fraction of sp³-hybridized carbons (Fsp3) is 0.875. The van der Waals surface area contributed by atoms with E-state index in [1.165, 1.54) is 70.9 Å². The highest BCUT2D eigenvalue weighted by molar-refractivity contribution is 5.00.